The van der Waals surface area contributed by atoms with E-state index in [4.69, 9.17) is 0 Å². The third kappa shape index (κ3) is 13.7. The van der Waals surface area contributed by atoms with E-state index in [2.05, 4.69) is 36.6 Å². The molecule has 0 aliphatic carbocycles. The quantitative estimate of drug-likeness (QED) is 0.395. The summed E-state index contributed by atoms with van der Waals surface area (Å²) in [5, 5.41) is 6.83. The first-order valence-corrected chi connectivity index (χ1v) is 6.98. The first kappa shape index (κ1) is 15.7. The highest BCUT2D eigenvalue weighted by molar-refractivity contribution is 4.85. The van der Waals surface area contributed by atoms with Gasteiger partial charge in [0.05, 0.1) is 0 Å². The Bertz CT molecular complexity index is 128. The minimum absolute atomic E-state index is 1.01. The van der Waals surface area contributed by atoms with Gasteiger partial charge in [-0.15, -0.1) is 0 Å². The molecule has 0 aromatic carbocycles. The minimum Gasteiger partial charge on any atom is -0.313 e. The molecule has 0 saturated carbocycles. The number of rotatable bonds is 12. The molecule has 0 amide bonds. The molecular formula is C14H30N2. The Morgan fingerprint density at radius 1 is 0.688 bits per heavy atom. The highest BCUT2D eigenvalue weighted by Gasteiger charge is 1.85. The Morgan fingerprint density at radius 3 is 1.50 bits per heavy atom. The van der Waals surface area contributed by atoms with E-state index < -0.39 is 0 Å². The van der Waals surface area contributed by atoms with Gasteiger partial charge in [-0.25, -0.2) is 0 Å². The maximum Gasteiger partial charge on any atom is 0.0135 e. The topological polar surface area (TPSA) is 24.1 Å². The van der Waals surface area contributed by atoms with Gasteiger partial charge in [0, 0.05) is 13.1 Å². The molecule has 0 radical (unpaired) electrons. The number of unbranched alkanes of at least 4 members (excludes halogenated alkanes) is 4. The summed E-state index contributed by atoms with van der Waals surface area (Å²) in [5.74, 6) is 0. The summed E-state index contributed by atoms with van der Waals surface area (Å²) in [6.07, 6.45) is 12.3. The van der Waals surface area contributed by atoms with Crippen LogP contribution in [0.1, 0.15) is 52.4 Å². The molecule has 0 aliphatic rings. The zero-order valence-electron chi connectivity index (χ0n) is 11.2. The fourth-order valence-electron chi connectivity index (χ4n) is 1.54. The van der Waals surface area contributed by atoms with Crippen LogP contribution in [0.5, 0.6) is 0 Å². The molecule has 0 fully saturated rings. The van der Waals surface area contributed by atoms with E-state index >= 15 is 0 Å². The molecule has 0 heterocycles. The molecule has 0 saturated heterocycles. The van der Waals surface area contributed by atoms with Crippen molar-refractivity contribution in [1.82, 2.24) is 10.6 Å². The van der Waals surface area contributed by atoms with Crippen molar-refractivity contribution >= 4 is 0 Å². The van der Waals surface area contributed by atoms with Gasteiger partial charge in [0.15, 0.2) is 0 Å². The highest BCUT2D eigenvalue weighted by Crippen LogP contribution is 1.91. The maximum absolute atomic E-state index is 3.42. The summed E-state index contributed by atoms with van der Waals surface area (Å²) < 4.78 is 0. The van der Waals surface area contributed by atoms with Gasteiger partial charge >= 0.3 is 0 Å². The van der Waals surface area contributed by atoms with Crippen molar-refractivity contribution in [1.29, 1.82) is 0 Å². The zero-order valence-corrected chi connectivity index (χ0v) is 11.2. The van der Waals surface area contributed by atoms with Gasteiger partial charge in [0.2, 0.25) is 0 Å². The van der Waals surface area contributed by atoms with Crippen LogP contribution in [0.3, 0.4) is 0 Å². The van der Waals surface area contributed by atoms with E-state index in [0.717, 1.165) is 26.2 Å². The Balaban J connectivity index is 2.98. The van der Waals surface area contributed by atoms with Crippen LogP contribution in [0, 0.1) is 0 Å². The first-order valence-electron chi connectivity index (χ1n) is 6.98. The predicted molar refractivity (Wildman–Crippen MR) is 73.9 cm³/mol. The summed E-state index contributed by atoms with van der Waals surface area (Å²) in [4.78, 5) is 0. The molecular weight excluding hydrogens is 196 g/mol. The molecule has 0 bridgehead atoms. The largest absolute Gasteiger partial charge is 0.313 e. The zero-order chi connectivity index (χ0) is 11.9. The van der Waals surface area contributed by atoms with Crippen LogP contribution in [0.15, 0.2) is 12.2 Å². The molecule has 0 aromatic rings. The number of hydrogen-bond acceptors (Lipinski definition) is 2. The van der Waals surface area contributed by atoms with E-state index in [-0.39, 0.29) is 0 Å². The summed E-state index contributed by atoms with van der Waals surface area (Å²) >= 11 is 0. The average Bonchev–Trinajstić information content (AvgIpc) is 2.31. The fourth-order valence-corrected chi connectivity index (χ4v) is 1.54. The van der Waals surface area contributed by atoms with Gasteiger partial charge in [0.1, 0.15) is 0 Å². The van der Waals surface area contributed by atoms with Gasteiger partial charge in [-0.05, 0) is 25.9 Å². The van der Waals surface area contributed by atoms with Crippen LogP contribution < -0.4 is 10.6 Å². The average molecular weight is 226 g/mol. The lowest BCUT2D eigenvalue weighted by Gasteiger charge is -2.01. The summed E-state index contributed by atoms with van der Waals surface area (Å²) in [6.45, 7) is 8.82. The van der Waals surface area contributed by atoms with Crippen LogP contribution in [-0.2, 0) is 0 Å². The molecule has 0 aliphatic heterocycles. The molecule has 0 unspecified atom stereocenters. The van der Waals surface area contributed by atoms with Gasteiger partial charge < -0.3 is 10.6 Å². The number of hydrogen-bond donors (Lipinski definition) is 2. The smallest absolute Gasteiger partial charge is 0.0135 e. The third-order valence-electron chi connectivity index (χ3n) is 2.61. The van der Waals surface area contributed by atoms with Crippen LogP contribution in [0.4, 0.5) is 0 Å². The normalized spacial score (nSPS) is 11.4. The van der Waals surface area contributed by atoms with Crippen molar-refractivity contribution in [2.24, 2.45) is 0 Å². The molecule has 0 aromatic heterocycles. The lowest BCUT2D eigenvalue weighted by molar-refractivity contribution is 0.640. The second-order valence-electron chi connectivity index (χ2n) is 4.29. The molecule has 0 spiro atoms. The van der Waals surface area contributed by atoms with Crippen molar-refractivity contribution in [3.05, 3.63) is 12.2 Å². The monoisotopic (exact) mass is 226 g/mol. The molecule has 16 heavy (non-hydrogen) atoms. The van der Waals surface area contributed by atoms with E-state index in [1.54, 1.807) is 0 Å². The lowest BCUT2D eigenvalue weighted by atomic mass is 10.2. The minimum atomic E-state index is 1.01. The van der Waals surface area contributed by atoms with Crippen LogP contribution in [0.2, 0.25) is 0 Å². The van der Waals surface area contributed by atoms with Crippen molar-refractivity contribution in [3.8, 4) is 0 Å². The molecule has 0 atom stereocenters. The van der Waals surface area contributed by atoms with E-state index in [1.165, 1.54) is 38.5 Å². The molecule has 0 rings (SSSR count). The lowest BCUT2D eigenvalue weighted by Crippen LogP contribution is -2.17. The van der Waals surface area contributed by atoms with Gasteiger partial charge in [-0.3, -0.25) is 0 Å². The summed E-state index contributed by atoms with van der Waals surface area (Å²) in [7, 11) is 0. The number of nitrogens with one attached hydrogen (secondary N) is 2. The highest BCUT2D eigenvalue weighted by atomic mass is 14.8. The summed E-state index contributed by atoms with van der Waals surface area (Å²) in [6, 6.07) is 0. The Labute approximate surface area is 102 Å². The van der Waals surface area contributed by atoms with Crippen molar-refractivity contribution in [2.75, 3.05) is 26.2 Å². The standard InChI is InChI=1S/C14H30N2/c1-3-5-7-11-15-13-9-10-14-16-12-8-6-4-2/h9-10,15-16H,3-8,11-14H2,1-2H3/b10-9-. The van der Waals surface area contributed by atoms with Gasteiger partial charge in [-0.2, -0.15) is 0 Å². The maximum atomic E-state index is 3.42. The molecule has 2 N–H and O–H groups in total. The van der Waals surface area contributed by atoms with Crippen molar-refractivity contribution < 1.29 is 0 Å². The van der Waals surface area contributed by atoms with Crippen LogP contribution in [-0.4, -0.2) is 26.2 Å². The molecule has 2 heteroatoms. The predicted octanol–water partition coefficient (Wildman–Crippen LogP) is 3.10. The van der Waals surface area contributed by atoms with Gasteiger partial charge in [0.25, 0.3) is 0 Å². The Hall–Kier alpha value is -0.340. The van der Waals surface area contributed by atoms with E-state index in [0.29, 0.717) is 0 Å². The summed E-state index contributed by atoms with van der Waals surface area (Å²) in [5.41, 5.74) is 0. The second-order valence-corrected chi connectivity index (χ2v) is 4.29. The first-order chi connectivity index (χ1) is 7.91. The fraction of sp³-hybridized carbons (Fsp3) is 0.857. The van der Waals surface area contributed by atoms with Crippen molar-refractivity contribution in [3.63, 3.8) is 0 Å². The SMILES string of the molecule is CCCCCNC/C=C\CNCCCCC. The van der Waals surface area contributed by atoms with Crippen LogP contribution >= 0.6 is 0 Å². The molecule has 2 nitrogen and oxygen atoms in total. The Morgan fingerprint density at radius 2 is 1.12 bits per heavy atom. The van der Waals surface area contributed by atoms with E-state index in [9.17, 15) is 0 Å². The second kappa shape index (κ2) is 14.7. The van der Waals surface area contributed by atoms with Crippen LogP contribution in [0.25, 0.3) is 0 Å². The molecule has 96 valence electrons. The third-order valence-corrected chi connectivity index (χ3v) is 2.61. The van der Waals surface area contributed by atoms with Crippen molar-refractivity contribution in [2.45, 2.75) is 52.4 Å². The van der Waals surface area contributed by atoms with E-state index in [1.807, 2.05) is 0 Å². The Kier molecular flexibility index (Phi) is 14.3. The van der Waals surface area contributed by atoms with Gasteiger partial charge in [-0.1, -0.05) is 51.7 Å².